The van der Waals surface area contributed by atoms with Crippen LogP contribution in [0.5, 0.6) is 0 Å². The molecule has 0 saturated carbocycles. The highest BCUT2D eigenvalue weighted by Crippen LogP contribution is 2.14. The minimum absolute atomic E-state index is 0.0624. The van der Waals surface area contributed by atoms with Gasteiger partial charge in [0.15, 0.2) is 5.78 Å². The molecular weight excluding hydrogens is 186 g/mol. The highest BCUT2D eigenvalue weighted by atomic mass is 16.1. The van der Waals surface area contributed by atoms with Crippen molar-refractivity contribution < 1.29 is 4.79 Å². The van der Waals surface area contributed by atoms with Gasteiger partial charge in [0.2, 0.25) is 0 Å². The summed E-state index contributed by atoms with van der Waals surface area (Å²) in [5.41, 5.74) is 3.60. The molecule has 0 bridgehead atoms. The van der Waals surface area contributed by atoms with Gasteiger partial charge < -0.3 is 5.41 Å². The first-order chi connectivity index (χ1) is 7.04. The lowest BCUT2D eigenvalue weighted by molar-refractivity contribution is -0.113. The van der Waals surface area contributed by atoms with Gasteiger partial charge >= 0.3 is 0 Å². The van der Waals surface area contributed by atoms with Crippen LogP contribution < -0.4 is 0 Å². The van der Waals surface area contributed by atoms with E-state index in [1.807, 2.05) is 31.2 Å². The Morgan fingerprint density at radius 3 is 2.47 bits per heavy atom. The summed E-state index contributed by atoms with van der Waals surface area (Å²) in [7, 11) is 0. The van der Waals surface area contributed by atoms with E-state index in [-0.39, 0.29) is 5.78 Å². The van der Waals surface area contributed by atoms with Crippen molar-refractivity contribution in [2.75, 3.05) is 0 Å². The summed E-state index contributed by atoms with van der Waals surface area (Å²) in [5, 5.41) is 7.27. The van der Waals surface area contributed by atoms with E-state index in [0.29, 0.717) is 5.57 Å². The highest BCUT2D eigenvalue weighted by molar-refractivity contribution is 5.98. The number of carbonyl (C=O) groups excluding carboxylic acids is 1. The van der Waals surface area contributed by atoms with Crippen LogP contribution in [0.25, 0.3) is 6.08 Å². The molecule has 1 rings (SSSR count). The van der Waals surface area contributed by atoms with E-state index in [2.05, 4.69) is 0 Å². The number of nitrogens with one attached hydrogen (secondary N) is 1. The van der Waals surface area contributed by atoms with Crippen molar-refractivity contribution in [1.82, 2.24) is 0 Å². The Morgan fingerprint density at radius 2 is 1.93 bits per heavy atom. The van der Waals surface area contributed by atoms with Crippen molar-refractivity contribution in [2.45, 2.75) is 20.8 Å². The van der Waals surface area contributed by atoms with Crippen LogP contribution in [0.4, 0.5) is 0 Å². The number of hydrogen-bond acceptors (Lipinski definition) is 2. The number of ketones is 1. The minimum atomic E-state index is 0.0624. The van der Waals surface area contributed by atoms with Gasteiger partial charge in [-0.1, -0.05) is 23.8 Å². The van der Waals surface area contributed by atoms with E-state index in [1.165, 1.54) is 6.21 Å². The van der Waals surface area contributed by atoms with E-state index >= 15 is 0 Å². The molecule has 0 aromatic heterocycles. The SMILES string of the molecule is CC(=O)/C(C)=C/c1cc(C)ccc1C=N. The Bertz CT molecular complexity index is 430. The van der Waals surface area contributed by atoms with Gasteiger partial charge in [0, 0.05) is 6.21 Å². The van der Waals surface area contributed by atoms with Gasteiger partial charge in [-0.2, -0.15) is 0 Å². The molecule has 2 nitrogen and oxygen atoms in total. The van der Waals surface area contributed by atoms with Gasteiger partial charge in [-0.3, -0.25) is 4.79 Å². The van der Waals surface area contributed by atoms with Gasteiger partial charge in [-0.25, -0.2) is 0 Å². The fourth-order valence-corrected chi connectivity index (χ4v) is 1.29. The Morgan fingerprint density at radius 1 is 1.27 bits per heavy atom. The first-order valence-corrected chi connectivity index (χ1v) is 4.85. The monoisotopic (exact) mass is 201 g/mol. The predicted octanol–water partition coefficient (Wildman–Crippen LogP) is 2.98. The van der Waals surface area contributed by atoms with Crippen LogP contribution in [-0.4, -0.2) is 12.0 Å². The standard InChI is InChI=1S/C13H15NO/c1-9-4-5-12(8-14)13(6-9)7-10(2)11(3)15/h4-8,14H,1-3H3/b10-7+,14-8?. The Hall–Kier alpha value is -1.70. The number of Topliss-reactive ketones (excluding diaryl/α,β-unsaturated/α-hetero) is 1. The summed E-state index contributed by atoms with van der Waals surface area (Å²) in [6.45, 7) is 5.33. The lowest BCUT2D eigenvalue weighted by Gasteiger charge is -2.03. The number of benzene rings is 1. The van der Waals surface area contributed by atoms with Crippen LogP contribution >= 0.6 is 0 Å². The maximum Gasteiger partial charge on any atom is 0.155 e. The van der Waals surface area contributed by atoms with E-state index in [1.54, 1.807) is 13.8 Å². The summed E-state index contributed by atoms with van der Waals surface area (Å²) < 4.78 is 0. The van der Waals surface area contributed by atoms with Crippen molar-refractivity contribution in [1.29, 1.82) is 5.41 Å². The molecule has 78 valence electrons. The van der Waals surface area contributed by atoms with E-state index in [9.17, 15) is 4.79 Å². The third-order valence-corrected chi connectivity index (χ3v) is 2.33. The molecule has 0 atom stereocenters. The van der Waals surface area contributed by atoms with Crippen molar-refractivity contribution in [2.24, 2.45) is 0 Å². The zero-order valence-corrected chi connectivity index (χ0v) is 9.29. The Balaban J connectivity index is 3.23. The lowest BCUT2D eigenvalue weighted by Crippen LogP contribution is -1.93. The molecule has 0 aliphatic carbocycles. The topological polar surface area (TPSA) is 40.9 Å². The van der Waals surface area contributed by atoms with Crippen LogP contribution in [-0.2, 0) is 4.79 Å². The molecule has 2 heteroatoms. The first-order valence-electron chi connectivity index (χ1n) is 4.85. The van der Waals surface area contributed by atoms with Gasteiger partial charge in [-0.05, 0) is 43.5 Å². The predicted molar refractivity (Wildman–Crippen MR) is 63.4 cm³/mol. The number of aryl methyl sites for hydroxylation is 1. The molecule has 0 spiro atoms. The van der Waals surface area contributed by atoms with Crippen LogP contribution in [0.3, 0.4) is 0 Å². The largest absolute Gasteiger partial charge is 0.308 e. The highest BCUT2D eigenvalue weighted by Gasteiger charge is 2.01. The third kappa shape index (κ3) is 2.88. The number of allylic oxidation sites excluding steroid dienone is 1. The molecule has 0 heterocycles. The van der Waals surface area contributed by atoms with Crippen molar-refractivity contribution in [3.8, 4) is 0 Å². The van der Waals surface area contributed by atoms with Gasteiger partial charge in [0.1, 0.15) is 0 Å². The van der Waals surface area contributed by atoms with E-state index in [0.717, 1.165) is 16.7 Å². The van der Waals surface area contributed by atoms with Gasteiger partial charge in [0.25, 0.3) is 0 Å². The average Bonchev–Trinajstić information content (AvgIpc) is 2.18. The van der Waals surface area contributed by atoms with Crippen molar-refractivity contribution in [3.63, 3.8) is 0 Å². The second kappa shape index (κ2) is 4.69. The molecule has 0 unspecified atom stereocenters. The maximum absolute atomic E-state index is 11.1. The molecule has 0 amide bonds. The molecule has 1 aromatic carbocycles. The zero-order chi connectivity index (χ0) is 11.4. The summed E-state index contributed by atoms with van der Waals surface area (Å²) >= 11 is 0. The average molecular weight is 201 g/mol. The van der Waals surface area contributed by atoms with Crippen LogP contribution in [0.15, 0.2) is 23.8 Å². The van der Waals surface area contributed by atoms with Crippen LogP contribution in [0.1, 0.15) is 30.5 Å². The van der Waals surface area contributed by atoms with Crippen molar-refractivity contribution >= 4 is 18.1 Å². The molecule has 0 saturated heterocycles. The fraction of sp³-hybridized carbons (Fsp3) is 0.231. The second-order valence-electron chi connectivity index (χ2n) is 3.66. The zero-order valence-electron chi connectivity index (χ0n) is 9.29. The minimum Gasteiger partial charge on any atom is -0.308 e. The van der Waals surface area contributed by atoms with Gasteiger partial charge in [0.05, 0.1) is 0 Å². The first kappa shape index (κ1) is 11.4. The number of rotatable bonds is 3. The number of hydrogen-bond donors (Lipinski definition) is 1. The number of carbonyl (C=O) groups is 1. The van der Waals surface area contributed by atoms with Crippen molar-refractivity contribution in [3.05, 3.63) is 40.5 Å². The molecule has 0 radical (unpaired) electrons. The molecule has 0 aliphatic rings. The molecule has 1 aromatic rings. The quantitative estimate of drug-likeness (QED) is 0.592. The summed E-state index contributed by atoms with van der Waals surface area (Å²) in [6.07, 6.45) is 3.13. The lowest BCUT2D eigenvalue weighted by atomic mass is 10.0. The second-order valence-corrected chi connectivity index (χ2v) is 3.66. The van der Waals surface area contributed by atoms with E-state index in [4.69, 9.17) is 5.41 Å². The fourth-order valence-electron chi connectivity index (χ4n) is 1.29. The normalized spacial score (nSPS) is 11.3. The molecular formula is C13H15NO. The Kier molecular flexibility index (Phi) is 3.56. The molecule has 15 heavy (non-hydrogen) atoms. The molecule has 1 N–H and O–H groups in total. The van der Waals surface area contributed by atoms with E-state index < -0.39 is 0 Å². The summed E-state index contributed by atoms with van der Waals surface area (Å²) in [5.74, 6) is 0.0624. The third-order valence-electron chi connectivity index (χ3n) is 2.33. The van der Waals surface area contributed by atoms with Crippen LogP contribution in [0.2, 0.25) is 0 Å². The molecule has 0 fully saturated rings. The summed E-state index contributed by atoms with van der Waals surface area (Å²) in [4.78, 5) is 11.1. The van der Waals surface area contributed by atoms with Gasteiger partial charge in [-0.15, -0.1) is 0 Å². The summed E-state index contributed by atoms with van der Waals surface area (Å²) in [6, 6.07) is 5.83. The Labute approximate surface area is 90.1 Å². The maximum atomic E-state index is 11.1. The molecule has 0 aliphatic heterocycles. The smallest absolute Gasteiger partial charge is 0.155 e. The van der Waals surface area contributed by atoms with Crippen LogP contribution in [0, 0.1) is 12.3 Å².